The maximum Gasteiger partial charge on any atom is 0.407 e. The fourth-order valence-electron chi connectivity index (χ4n) is 3.67. The molecule has 0 saturated heterocycles. The molecule has 1 aliphatic carbocycles. The molecule has 0 aromatic carbocycles. The summed E-state index contributed by atoms with van der Waals surface area (Å²) in [6, 6.07) is 1.54. The zero-order valence-electron chi connectivity index (χ0n) is 15.6. The molecule has 2 N–H and O–H groups in total. The highest BCUT2D eigenvalue weighted by Gasteiger charge is 2.40. The van der Waals surface area contributed by atoms with Gasteiger partial charge in [-0.15, -0.1) is 0 Å². The first kappa shape index (κ1) is 19.4. The van der Waals surface area contributed by atoms with E-state index in [1.165, 1.54) is 6.20 Å². The Kier molecular flexibility index (Phi) is 5.03. The highest BCUT2D eigenvalue weighted by molar-refractivity contribution is 6.28. The third kappa shape index (κ3) is 4.00. The molecule has 0 unspecified atom stereocenters. The first-order valence-electron chi connectivity index (χ1n) is 8.86. The number of ether oxygens (including phenoxy) is 1. The number of halogens is 1. The number of aromatic carboxylic acids is 1. The van der Waals surface area contributed by atoms with Gasteiger partial charge in [0.25, 0.3) is 0 Å². The third-order valence-electron chi connectivity index (χ3n) is 4.70. The maximum absolute atomic E-state index is 12.2. The molecule has 3 rings (SSSR count). The number of carboxylic acids is 1. The molecule has 2 aromatic rings. The number of aromatic nitrogens is 3. The van der Waals surface area contributed by atoms with Crippen LogP contribution >= 0.6 is 11.6 Å². The van der Waals surface area contributed by atoms with Gasteiger partial charge in [-0.05, 0) is 51.3 Å². The van der Waals surface area contributed by atoms with Crippen molar-refractivity contribution < 1.29 is 19.4 Å². The summed E-state index contributed by atoms with van der Waals surface area (Å²) >= 11 is 5.96. The number of fused-ring (bicyclic) bond motifs is 1. The number of carbonyl (C=O) groups is 2. The smallest absolute Gasteiger partial charge is 0.407 e. The topological polar surface area (TPSA) is 106 Å². The van der Waals surface area contributed by atoms with Crippen LogP contribution < -0.4 is 5.32 Å². The van der Waals surface area contributed by atoms with Gasteiger partial charge >= 0.3 is 12.1 Å². The molecule has 0 spiro atoms. The Morgan fingerprint density at radius 2 is 2.04 bits per heavy atom. The average Bonchev–Trinajstić information content (AvgIpc) is 3.16. The fourth-order valence-corrected chi connectivity index (χ4v) is 3.80. The van der Waals surface area contributed by atoms with Crippen LogP contribution in [0.1, 0.15) is 56.9 Å². The number of nitrogens with one attached hydrogen (secondary N) is 1. The molecule has 1 aliphatic rings. The number of amides is 1. The van der Waals surface area contributed by atoms with Crippen LogP contribution in [0, 0.1) is 0 Å². The van der Waals surface area contributed by atoms with E-state index in [9.17, 15) is 14.7 Å². The summed E-state index contributed by atoms with van der Waals surface area (Å²) in [4.78, 5) is 32.3. The largest absolute Gasteiger partial charge is 0.477 e. The van der Waals surface area contributed by atoms with Crippen LogP contribution in [0.25, 0.3) is 11.0 Å². The van der Waals surface area contributed by atoms with E-state index in [4.69, 9.17) is 16.3 Å². The summed E-state index contributed by atoms with van der Waals surface area (Å²) in [7, 11) is 0. The third-order valence-corrected chi connectivity index (χ3v) is 4.88. The zero-order valence-corrected chi connectivity index (χ0v) is 16.3. The van der Waals surface area contributed by atoms with E-state index < -0.39 is 23.2 Å². The Balaban J connectivity index is 2.02. The van der Waals surface area contributed by atoms with Crippen LogP contribution in [0.3, 0.4) is 0 Å². The van der Waals surface area contributed by atoms with Gasteiger partial charge in [-0.2, -0.15) is 4.98 Å². The second-order valence-corrected chi connectivity index (χ2v) is 8.21. The van der Waals surface area contributed by atoms with Crippen molar-refractivity contribution >= 4 is 34.7 Å². The minimum absolute atomic E-state index is 0.0482. The van der Waals surface area contributed by atoms with Crippen LogP contribution in [-0.4, -0.2) is 43.8 Å². The minimum Gasteiger partial charge on any atom is -0.477 e. The van der Waals surface area contributed by atoms with Crippen LogP contribution in [0.5, 0.6) is 0 Å². The quantitative estimate of drug-likeness (QED) is 0.767. The summed E-state index contributed by atoms with van der Waals surface area (Å²) in [6.07, 6.45) is 4.26. The van der Waals surface area contributed by atoms with Crippen molar-refractivity contribution in [3.63, 3.8) is 0 Å². The molecule has 0 bridgehead atoms. The monoisotopic (exact) mass is 394 g/mol. The van der Waals surface area contributed by atoms with Crippen LogP contribution in [-0.2, 0) is 10.3 Å². The number of nitrogens with zero attached hydrogens (tertiary/aromatic N) is 3. The van der Waals surface area contributed by atoms with Crippen molar-refractivity contribution in [2.75, 3.05) is 6.54 Å². The predicted octanol–water partition coefficient (Wildman–Crippen LogP) is 3.58. The molecule has 1 saturated carbocycles. The second-order valence-electron chi connectivity index (χ2n) is 7.88. The molecule has 1 amide bonds. The van der Waals surface area contributed by atoms with Gasteiger partial charge in [-0.25, -0.2) is 14.6 Å². The summed E-state index contributed by atoms with van der Waals surface area (Å²) < 4.78 is 7.02. The van der Waals surface area contributed by atoms with E-state index in [1.807, 2.05) is 0 Å². The van der Waals surface area contributed by atoms with Gasteiger partial charge in [0.2, 0.25) is 5.28 Å². The molecule has 9 heteroatoms. The van der Waals surface area contributed by atoms with Crippen molar-refractivity contribution in [3.05, 3.63) is 23.2 Å². The first-order valence-corrected chi connectivity index (χ1v) is 9.24. The van der Waals surface area contributed by atoms with Crippen LogP contribution in [0.2, 0.25) is 5.28 Å². The minimum atomic E-state index is -1.06. The summed E-state index contributed by atoms with van der Waals surface area (Å²) in [6.45, 7) is 5.62. The SMILES string of the molecule is CC(C)(C)OC(=O)NCC1(n2c(C(=O)O)cc3cnc(Cl)nc32)CCCC1. The van der Waals surface area contributed by atoms with E-state index in [0.717, 1.165) is 12.8 Å². The Bertz CT molecular complexity index is 881. The fraction of sp³-hybridized carbons (Fsp3) is 0.556. The lowest BCUT2D eigenvalue weighted by atomic mass is 9.96. The Morgan fingerprint density at radius 3 is 2.63 bits per heavy atom. The lowest BCUT2D eigenvalue weighted by Gasteiger charge is -2.33. The number of carboxylic acid groups (broad SMARTS) is 1. The van der Waals surface area contributed by atoms with Crippen LogP contribution in [0.15, 0.2) is 12.3 Å². The Morgan fingerprint density at radius 1 is 1.37 bits per heavy atom. The van der Waals surface area contributed by atoms with Crippen molar-refractivity contribution in [2.45, 2.75) is 57.6 Å². The first-order chi connectivity index (χ1) is 12.6. The molecule has 0 atom stereocenters. The number of carbonyl (C=O) groups excluding carboxylic acids is 1. The normalized spacial score (nSPS) is 16.4. The lowest BCUT2D eigenvalue weighted by Crippen LogP contribution is -2.45. The van der Waals surface area contributed by atoms with Gasteiger partial charge in [0, 0.05) is 18.1 Å². The number of rotatable bonds is 4. The molecule has 1 fully saturated rings. The van der Waals surface area contributed by atoms with Gasteiger partial charge in [0.15, 0.2) is 0 Å². The van der Waals surface area contributed by atoms with Crippen LogP contribution in [0.4, 0.5) is 4.79 Å². The van der Waals surface area contributed by atoms with E-state index in [0.29, 0.717) is 23.9 Å². The molecule has 146 valence electrons. The Labute approximate surface area is 161 Å². The molecule has 8 nitrogen and oxygen atoms in total. The van der Waals surface area contributed by atoms with E-state index in [2.05, 4.69) is 15.3 Å². The van der Waals surface area contributed by atoms with Gasteiger partial charge in [-0.1, -0.05) is 12.8 Å². The molecule has 27 heavy (non-hydrogen) atoms. The summed E-state index contributed by atoms with van der Waals surface area (Å²) in [5, 5.41) is 13.2. The molecular weight excluding hydrogens is 372 g/mol. The molecule has 0 radical (unpaired) electrons. The summed E-state index contributed by atoms with van der Waals surface area (Å²) in [5.41, 5.74) is -0.654. The van der Waals surface area contributed by atoms with Crippen molar-refractivity contribution in [2.24, 2.45) is 0 Å². The van der Waals surface area contributed by atoms with E-state index in [1.54, 1.807) is 31.4 Å². The standard InChI is InChI=1S/C18H23ClN4O4/c1-17(2,3)27-16(26)21-10-18(6-4-5-7-18)23-12(14(24)25)8-11-9-20-15(19)22-13(11)23/h8-9H,4-7,10H2,1-3H3,(H,21,26)(H,24,25). The second kappa shape index (κ2) is 6.99. The molecule has 0 aliphatic heterocycles. The highest BCUT2D eigenvalue weighted by atomic mass is 35.5. The van der Waals surface area contributed by atoms with Crippen molar-refractivity contribution in [1.29, 1.82) is 0 Å². The van der Waals surface area contributed by atoms with Gasteiger partial charge in [0.05, 0.1) is 5.54 Å². The average molecular weight is 395 g/mol. The molecule has 2 aromatic heterocycles. The Hall–Kier alpha value is -2.35. The van der Waals surface area contributed by atoms with Gasteiger partial charge < -0.3 is 19.7 Å². The number of alkyl carbamates (subject to hydrolysis) is 1. The molecule has 2 heterocycles. The zero-order chi connectivity index (χ0) is 19.8. The number of hydrogen-bond acceptors (Lipinski definition) is 5. The van der Waals surface area contributed by atoms with E-state index in [-0.39, 0.29) is 17.5 Å². The van der Waals surface area contributed by atoms with E-state index >= 15 is 0 Å². The summed E-state index contributed by atoms with van der Waals surface area (Å²) in [5.74, 6) is -1.06. The molecular formula is C18H23ClN4O4. The van der Waals surface area contributed by atoms with Crippen molar-refractivity contribution in [3.8, 4) is 0 Å². The van der Waals surface area contributed by atoms with Crippen molar-refractivity contribution in [1.82, 2.24) is 19.9 Å². The number of hydrogen-bond donors (Lipinski definition) is 2. The predicted molar refractivity (Wildman–Crippen MR) is 100 cm³/mol. The maximum atomic E-state index is 12.2. The lowest BCUT2D eigenvalue weighted by molar-refractivity contribution is 0.0502. The van der Waals surface area contributed by atoms with Gasteiger partial charge in [0.1, 0.15) is 16.9 Å². The highest BCUT2D eigenvalue weighted by Crippen LogP contribution is 2.40. The van der Waals surface area contributed by atoms with Gasteiger partial charge in [-0.3, -0.25) is 0 Å².